The summed E-state index contributed by atoms with van der Waals surface area (Å²) in [4.78, 5) is 30.6. The van der Waals surface area contributed by atoms with Gasteiger partial charge in [-0.2, -0.15) is 0 Å². The van der Waals surface area contributed by atoms with Gasteiger partial charge >= 0.3 is 5.97 Å². The van der Waals surface area contributed by atoms with E-state index in [-0.39, 0.29) is 29.8 Å². The average molecular weight is 528 g/mol. The third-order valence-electron chi connectivity index (χ3n) is 7.94. The summed E-state index contributed by atoms with van der Waals surface area (Å²) in [6.07, 6.45) is 7.52. The van der Waals surface area contributed by atoms with Crippen LogP contribution in [-0.2, 0) is 16.0 Å². The Morgan fingerprint density at radius 3 is 2.61 bits per heavy atom. The second kappa shape index (κ2) is 13.6. The van der Waals surface area contributed by atoms with Gasteiger partial charge in [0.2, 0.25) is 5.91 Å². The number of aliphatic carboxylic acids is 1. The molecule has 0 radical (unpaired) electrons. The van der Waals surface area contributed by atoms with Gasteiger partial charge in [0.25, 0.3) is 0 Å². The van der Waals surface area contributed by atoms with E-state index >= 15 is 0 Å². The van der Waals surface area contributed by atoms with E-state index in [0.29, 0.717) is 32.7 Å². The lowest BCUT2D eigenvalue weighted by atomic mass is 9.77. The molecule has 7 heteroatoms. The molecule has 0 unspecified atom stereocenters. The second-order valence-electron chi connectivity index (χ2n) is 12.1. The number of ether oxygens (including phenoxy) is 1. The molecule has 1 amide bonds. The molecule has 1 aromatic carbocycles. The summed E-state index contributed by atoms with van der Waals surface area (Å²) >= 11 is 0. The molecule has 0 spiro atoms. The first kappa shape index (κ1) is 30.2. The maximum absolute atomic E-state index is 13.6. The van der Waals surface area contributed by atoms with Crippen LogP contribution in [0.15, 0.2) is 29.8 Å². The molecule has 7 nitrogen and oxygen atoms in total. The van der Waals surface area contributed by atoms with Crippen molar-refractivity contribution in [2.75, 3.05) is 39.3 Å². The van der Waals surface area contributed by atoms with Crippen LogP contribution < -0.4 is 10.5 Å². The van der Waals surface area contributed by atoms with Gasteiger partial charge in [-0.3, -0.25) is 14.5 Å². The topological polar surface area (TPSA) is 96.1 Å². The SMILES string of the molecule is CCCCN(CCCCN)C(=O)CN1C[C@H](c2ccc3c(c2)CCO3)[C@@H](C(=O)O)[C@@H]1CC(C)(C)C=C(C)C. The number of benzene rings is 1. The molecule has 0 aliphatic carbocycles. The summed E-state index contributed by atoms with van der Waals surface area (Å²) in [5.41, 5.74) is 8.90. The van der Waals surface area contributed by atoms with Crippen LogP contribution in [0, 0.1) is 11.3 Å². The molecule has 0 aromatic heterocycles. The Balaban J connectivity index is 1.92. The quantitative estimate of drug-likeness (QED) is 0.266. The molecule has 1 aromatic rings. The van der Waals surface area contributed by atoms with Gasteiger partial charge in [-0.1, -0.05) is 51.0 Å². The fraction of sp³-hybridized carbons (Fsp3) is 0.677. The summed E-state index contributed by atoms with van der Waals surface area (Å²) in [7, 11) is 0. The number of amides is 1. The number of nitrogens with two attached hydrogens (primary N) is 1. The molecule has 3 N–H and O–H groups in total. The Bertz CT molecular complexity index is 985. The standard InChI is InChI=1S/C31H49N3O4/c1-6-7-14-33(15-9-8-13-32)28(35)21-34-20-25(23-10-11-27-24(17-23)12-16-38-27)29(30(36)37)26(34)19-31(4,5)18-22(2)3/h10-11,17-18,25-26,29H,6-9,12-16,19-21,32H2,1-5H3,(H,36,37)/t25-,26+,29-/m1/s1. The van der Waals surface area contributed by atoms with Gasteiger partial charge in [0.05, 0.1) is 19.1 Å². The molecule has 2 heterocycles. The lowest BCUT2D eigenvalue weighted by Crippen LogP contribution is -2.46. The molecule has 1 saturated heterocycles. The molecule has 2 aliphatic heterocycles. The van der Waals surface area contributed by atoms with Crippen LogP contribution in [0.25, 0.3) is 0 Å². The molecule has 3 rings (SSSR count). The van der Waals surface area contributed by atoms with E-state index in [0.717, 1.165) is 55.5 Å². The van der Waals surface area contributed by atoms with E-state index in [1.807, 2.05) is 17.0 Å². The van der Waals surface area contributed by atoms with Crippen molar-refractivity contribution in [2.24, 2.45) is 17.1 Å². The van der Waals surface area contributed by atoms with E-state index < -0.39 is 11.9 Å². The van der Waals surface area contributed by atoms with Crippen molar-refractivity contribution in [3.05, 3.63) is 41.0 Å². The molecule has 0 saturated carbocycles. The van der Waals surface area contributed by atoms with Crippen molar-refractivity contribution in [2.45, 2.75) is 85.1 Å². The molecule has 212 valence electrons. The van der Waals surface area contributed by atoms with Crippen LogP contribution in [-0.4, -0.2) is 72.2 Å². The Hall–Kier alpha value is -2.38. The van der Waals surface area contributed by atoms with Crippen molar-refractivity contribution >= 4 is 11.9 Å². The van der Waals surface area contributed by atoms with E-state index in [1.165, 1.54) is 5.57 Å². The van der Waals surface area contributed by atoms with Gasteiger partial charge < -0.3 is 20.5 Å². The van der Waals surface area contributed by atoms with Crippen molar-refractivity contribution in [3.63, 3.8) is 0 Å². The van der Waals surface area contributed by atoms with Crippen molar-refractivity contribution in [1.82, 2.24) is 9.80 Å². The summed E-state index contributed by atoms with van der Waals surface area (Å²) in [5, 5.41) is 10.5. The number of likely N-dealkylation sites (tertiary alicyclic amines) is 1. The number of hydrogen-bond donors (Lipinski definition) is 2. The number of carbonyl (C=O) groups excluding carboxylic acids is 1. The summed E-state index contributed by atoms with van der Waals surface area (Å²) in [5.74, 6) is -0.566. The highest BCUT2D eigenvalue weighted by Crippen LogP contribution is 2.44. The minimum Gasteiger partial charge on any atom is -0.493 e. The van der Waals surface area contributed by atoms with Crippen LogP contribution in [0.4, 0.5) is 0 Å². The van der Waals surface area contributed by atoms with Crippen LogP contribution in [0.3, 0.4) is 0 Å². The third-order valence-corrected chi connectivity index (χ3v) is 7.94. The largest absolute Gasteiger partial charge is 0.493 e. The number of allylic oxidation sites excluding steroid dienone is 2. The Morgan fingerprint density at radius 2 is 1.95 bits per heavy atom. The van der Waals surface area contributed by atoms with Crippen LogP contribution >= 0.6 is 0 Å². The zero-order chi connectivity index (χ0) is 27.9. The van der Waals surface area contributed by atoms with E-state index in [9.17, 15) is 14.7 Å². The minimum absolute atomic E-state index is 0.0904. The van der Waals surface area contributed by atoms with Crippen molar-refractivity contribution in [3.8, 4) is 5.75 Å². The van der Waals surface area contributed by atoms with Gasteiger partial charge in [0.15, 0.2) is 0 Å². The molecular formula is C31H49N3O4. The number of unbranched alkanes of at least 4 members (excludes halogenated alkanes) is 2. The van der Waals surface area contributed by atoms with Gasteiger partial charge in [0.1, 0.15) is 5.75 Å². The number of fused-ring (bicyclic) bond motifs is 1. The Morgan fingerprint density at radius 1 is 1.21 bits per heavy atom. The van der Waals surface area contributed by atoms with Gasteiger partial charge in [-0.05, 0) is 68.7 Å². The Labute approximate surface area is 229 Å². The first-order valence-electron chi connectivity index (χ1n) is 14.4. The highest BCUT2D eigenvalue weighted by molar-refractivity contribution is 5.79. The number of nitrogens with zero attached hydrogens (tertiary/aromatic N) is 2. The van der Waals surface area contributed by atoms with Crippen LogP contribution in [0.5, 0.6) is 5.75 Å². The highest BCUT2D eigenvalue weighted by atomic mass is 16.5. The number of hydrogen-bond acceptors (Lipinski definition) is 5. The van der Waals surface area contributed by atoms with E-state index in [2.05, 4.69) is 51.7 Å². The van der Waals surface area contributed by atoms with Crippen molar-refractivity contribution in [1.29, 1.82) is 0 Å². The maximum Gasteiger partial charge on any atom is 0.308 e. The van der Waals surface area contributed by atoms with E-state index in [4.69, 9.17) is 10.5 Å². The number of carbonyl (C=O) groups is 2. The first-order chi connectivity index (χ1) is 18.1. The predicted octanol–water partition coefficient (Wildman–Crippen LogP) is 4.84. The minimum atomic E-state index is -0.787. The Kier molecular flexibility index (Phi) is 10.8. The maximum atomic E-state index is 13.6. The summed E-state index contributed by atoms with van der Waals surface area (Å²) < 4.78 is 5.70. The van der Waals surface area contributed by atoms with Gasteiger partial charge in [-0.15, -0.1) is 0 Å². The van der Waals surface area contributed by atoms with Crippen molar-refractivity contribution < 1.29 is 19.4 Å². The molecule has 2 aliphatic rings. The molecule has 3 atom stereocenters. The summed E-state index contributed by atoms with van der Waals surface area (Å²) in [6.45, 7) is 14.2. The fourth-order valence-electron chi connectivity index (χ4n) is 6.33. The number of carboxylic acid groups (broad SMARTS) is 1. The monoisotopic (exact) mass is 527 g/mol. The zero-order valence-electron chi connectivity index (χ0n) is 24.2. The van der Waals surface area contributed by atoms with Gasteiger partial charge in [0, 0.05) is 38.0 Å². The fourth-order valence-corrected chi connectivity index (χ4v) is 6.33. The number of rotatable bonds is 14. The zero-order valence-corrected chi connectivity index (χ0v) is 24.2. The lowest BCUT2D eigenvalue weighted by Gasteiger charge is -2.34. The van der Waals surface area contributed by atoms with Gasteiger partial charge in [-0.25, -0.2) is 0 Å². The first-order valence-corrected chi connectivity index (χ1v) is 14.4. The third kappa shape index (κ3) is 7.82. The predicted molar refractivity (Wildman–Crippen MR) is 152 cm³/mol. The van der Waals surface area contributed by atoms with Crippen LogP contribution in [0.2, 0.25) is 0 Å². The molecular weight excluding hydrogens is 478 g/mol. The number of carboxylic acids is 1. The normalized spacial score (nSPS) is 21.2. The lowest BCUT2D eigenvalue weighted by molar-refractivity contribution is -0.144. The smallest absolute Gasteiger partial charge is 0.308 e. The molecule has 38 heavy (non-hydrogen) atoms. The van der Waals surface area contributed by atoms with E-state index in [1.54, 1.807) is 0 Å². The van der Waals surface area contributed by atoms with Crippen LogP contribution in [0.1, 0.15) is 83.8 Å². The molecule has 0 bridgehead atoms. The highest BCUT2D eigenvalue weighted by Gasteiger charge is 2.48. The second-order valence-corrected chi connectivity index (χ2v) is 12.1. The summed E-state index contributed by atoms with van der Waals surface area (Å²) in [6, 6.07) is 5.90. The average Bonchev–Trinajstić information content (AvgIpc) is 3.44. The molecule has 1 fully saturated rings.